The van der Waals surface area contributed by atoms with Gasteiger partial charge >= 0.3 is 0 Å². The minimum atomic E-state index is -0.503. The van der Waals surface area contributed by atoms with Gasteiger partial charge in [0.05, 0.1) is 23.0 Å². The quantitative estimate of drug-likeness (QED) is 0.641. The van der Waals surface area contributed by atoms with Crippen molar-refractivity contribution in [3.8, 4) is 0 Å². The second kappa shape index (κ2) is 4.97. The van der Waals surface area contributed by atoms with Crippen LogP contribution in [0.5, 0.6) is 0 Å². The number of aliphatic imine (C=N–C) groups is 1. The van der Waals surface area contributed by atoms with Gasteiger partial charge < -0.3 is 0 Å². The summed E-state index contributed by atoms with van der Waals surface area (Å²) >= 11 is 0. The summed E-state index contributed by atoms with van der Waals surface area (Å²) < 4.78 is 29.6. The molecule has 1 aliphatic heterocycles. The number of halogens is 2. The Hall–Kier alpha value is -2.56. The van der Waals surface area contributed by atoms with E-state index in [1.54, 1.807) is 18.3 Å². The first-order chi connectivity index (χ1) is 11.7. The van der Waals surface area contributed by atoms with E-state index in [1.165, 1.54) is 16.6 Å². The normalized spacial score (nSPS) is 18.1. The van der Waals surface area contributed by atoms with E-state index in [0.29, 0.717) is 16.8 Å². The van der Waals surface area contributed by atoms with E-state index in [9.17, 15) is 8.78 Å². The van der Waals surface area contributed by atoms with E-state index in [2.05, 4.69) is 5.10 Å². The predicted molar refractivity (Wildman–Crippen MR) is 94.3 cm³/mol. The molecule has 0 unspecified atom stereocenters. The van der Waals surface area contributed by atoms with E-state index in [0.717, 1.165) is 11.1 Å². The molecular weight excluding hydrogens is 320 g/mol. The Morgan fingerprint density at radius 2 is 1.76 bits per heavy atom. The zero-order valence-electron chi connectivity index (χ0n) is 14.6. The maximum absolute atomic E-state index is 14.7. The minimum Gasteiger partial charge on any atom is -0.277 e. The number of aromatic nitrogens is 2. The molecule has 0 bridgehead atoms. The van der Waals surface area contributed by atoms with Crippen molar-refractivity contribution in [1.29, 1.82) is 0 Å². The van der Waals surface area contributed by atoms with Crippen LogP contribution >= 0.6 is 0 Å². The van der Waals surface area contributed by atoms with Gasteiger partial charge in [0, 0.05) is 22.1 Å². The molecule has 0 N–H and O–H groups in total. The van der Waals surface area contributed by atoms with Crippen molar-refractivity contribution in [2.45, 2.75) is 38.6 Å². The van der Waals surface area contributed by atoms with Crippen molar-refractivity contribution in [1.82, 2.24) is 9.61 Å². The summed E-state index contributed by atoms with van der Waals surface area (Å²) in [5.74, 6) is -0.647. The van der Waals surface area contributed by atoms with Crippen LogP contribution in [0.1, 0.15) is 44.4 Å². The second-order valence-electron chi connectivity index (χ2n) is 7.54. The molecule has 1 aliphatic rings. The maximum atomic E-state index is 14.7. The third kappa shape index (κ3) is 2.15. The van der Waals surface area contributed by atoms with Crippen LogP contribution in [0.3, 0.4) is 0 Å². The number of nitrogens with zero attached hydrogens (tertiary/aromatic N) is 3. The zero-order valence-corrected chi connectivity index (χ0v) is 14.6. The molecule has 0 atom stereocenters. The molecule has 0 amide bonds. The molecule has 25 heavy (non-hydrogen) atoms. The van der Waals surface area contributed by atoms with Crippen LogP contribution in [-0.4, -0.2) is 20.9 Å². The molecule has 3 aromatic rings. The Morgan fingerprint density at radius 1 is 1.00 bits per heavy atom. The van der Waals surface area contributed by atoms with Crippen molar-refractivity contribution in [3.05, 3.63) is 71.1 Å². The van der Waals surface area contributed by atoms with E-state index in [1.807, 2.05) is 39.8 Å². The van der Waals surface area contributed by atoms with Crippen molar-refractivity contribution in [3.63, 3.8) is 0 Å². The van der Waals surface area contributed by atoms with E-state index < -0.39 is 16.9 Å². The van der Waals surface area contributed by atoms with E-state index in [4.69, 9.17) is 4.99 Å². The van der Waals surface area contributed by atoms with Crippen molar-refractivity contribution in [2.24, 2.45) is 4.99 Å². The number of rotatable bonds is 1. The van der Waals surface area contributed by atoms with Gasteiger partial charge in [0.25, 0.3) is 0 Å². The molecule has 4 rings (SSSR count). The smallest absolute Gasteiger partial charge is 0.214 e. The molecule has 2 aromatic heterocycles. The lowest BCUT2D eigenvalue weighted by molar-refractivity contribution is 0.293. The van der Waals surface area contributed by atoms with Crippen LogP contribution in [-0.2, 0) is 5.41 Å². The molecule has 1 aromatic carbocycles. The molecule has 0 saturated heterocycles. The summed E-state index contributed by atoms with van der Waals surface area (Å²) in [5, 5.41) is 4.16. The SMILES string of the molecule is CC1(C)N=C(c2cnn3c(F)ccc3c2)c2cccc(F)c2C1(C)C. The van der Waals surface area contributed by atoms with Crippen LogP contribution < -0.4 is 0 Å². The summed E-state index contributed by atoms with van der Waals surface area (Å²) in [6.07, 6.45) is 1.58. The number of benzene rings is 1. The first-order valence-corrected chi connectivity index (χ1v) is 8.25. The Labute approximate surface area is 145 Å². The molecular formula is C20H19F2N3. The predicted octanol–water partition coefficient (Wildman–Crippen LogP) is 4.52. The average molecular weight is 339 g/mol. The molecule has 0 fully saturated rings. The molecule has 0 radical (unpaired) electrons. The van der Waals surface area contributed by atoms with Gasteiger partial charge in [-0.1, -0.05) is 26.0 Å². The van der Waals surface area contributed by atoms with Gasteiger partial charge in [-0.2, -0.15) is 9.49 Å². The largest absolute Gasteiger partial charge is 0.277 e. The fourth-order valence-corrected chi connectivity index (χ4v) is 3.46. The van der Waals surface area contributed by atoms with Gasteiger partial charge in [0.2, 0.25) is 5.95 Å². The molecule has 0 spiro atoms. The lowest BCUT2D eigenvalue weighted by Gasteiger charge is -2.44. The van der Waals surface area contributed by atoms with Crippen LogP contribution in [0.4, 0.5) is 8.78 Å². The highest BCUT2D eigenvalue weighted by Gasteiger charge is 2.45. The van der Waals surface area contributed by atoms with Crippen LogP contribution in [0.2, 0.25) is 0 Å². The summed E-state index contributed by atoms with van der Waals surface area (Å²) in [4.78, 5) is 4.94. The van der Waals surface area contributed by atoms with Crippen molar-refractivity contribution in [2.75, 3.05) is 0 Å². The highest BCUT2D eigenvalue weighted by Crippen LogP contribution is 2.44. The third-order valence-corrected chi connectivity index (χ3v) is 5.54. The monoisotopic (exact) mass is 339 g/mol. The minimum absolute atomic E-state index is 0.231. The fourth-order valence-electron chi connectivity index (χ4n) is 3.46. The first-order valence-electron chi connectivity index (χ1n) is 8.25. The second-order valence-corrected chi connectivity index (χ2v) is 7.54. The molecule has 5 heteroatoms. The zero-order chi connectivity index (χ0) is 18.0. The Bertz CT molecular complexity index is 1030. The maximum Gasteiger partial charge on any atom is 0.214 e. The summed E-state index contributed by atoms with van der Waals surface area (Å²) in [5.41, 5.74) is 2.54. The van der Waals surface area contributed by atoms with Gasteiger partial charge in [0.15, 0.2) is 0 Å². The Morgan fingerprint density at radius 3 is 2.52 bits per heavy atom. The molecule has 3 heterocycles. The number of hydrogen-bond acceptors (Lipinski definition) is 2. The van der Waals surface area contributed by atoms with Crippen LogP contribution in [0.25, 0.3) is 5.52 Å². The van der Waals surface area contributed by atoms with Crippen LogP contribution in [0.15, 0.2) is 47.6 Å². The Balaban J connectivity index is 2.00. The number of hydrogen-bond donors (Lipinski definition) is 0. The fraction of sp³-hybridized carbons (Fsp3) is 0.300. The third-order valence-electron chi connectivity index (χ3n) is 5.54. The summed E-state index contributed by atoms with van der Waals surface area (Å²) in [6, 6.07) is 9.94. The average Bonchev–Trinajstić information content (AvgIpc) is 2.92. The highest BCUT2D eigenvalue weighted by molar-refractivity contribution is 6.15. The topological polar surface area (TPSA) is 29.7 Å². The van der Waals surface area contributed by atoms with Gasteiger partial charge in [-0.15, -0.1) is 0 Å². The lowest BCUT2D eigenvalue weighted by atomic mass is 9.65. The van der Waals surface area contributed by atoms with E-state index >= 15 is 0 Å². The van der Waals surface area contributed by atoms with Crippen molar-refractivity contribution < 1.29 is 8.78 Å². The lowest BCUT2D eigenvalue weighted by Crippen LogP contribution is -2.46. The van der Waals surface area contributed by atoms with Gasteiger partial charge in [-0.05, 0) is 38.1 Å². The molecule has 0 saturated carbocycles. The standard InChI is InChI=1S/C20H19F2N3/c1-19(2)17-14(6-5-7-15(17)21)18(24-20(19,3)4)12-10-13-8-9-16(22)25(13)23-11-12/h5-11H,1-4H3. The van der Waals surface area contributed by atoms with Crippen LogP contribution in [0, 0.1) is 11.8 Å². The molecule has 128 valence electrons. The number of fused-ring (bicyclic) bond motifs is 2. The molecule has 0 aliphatic carbocycles. The molecule has 3 nitrogen and oxygen atoms in total. The highest BCUT2D eigenvalue weighted by atomic mass is 19.1. The Kier molecular flexibility index (Phi) is 3.17. The van der Waals surface area contributed by atoms with E-state index in [-0.39, 0.29) is 5.82 Å². The van der Waals surface area contributed by atoms with Gasteiger partial charge in [0.1, 0.15) is 5.82 Å². The van der Waals surface area contributed by atoms with Gasteiger partial charge in [-0.25, -0.2) is 8.91 Å². The first kappa shape index (κ1) is 15.9. The summed E-state index contributed by atoms with van der Waals surface area (Å²) in [7, 11) is 0. The van der Waals surface area contributed by atoms with Crippen molar-refractivity contribution >= 4 is 11.2 Å². The van der Waals surface area contributed by atoms with Gasteiger partial charge in [-0.3, -0.25) is 4.99 Å². The summed E-state index contributed by atoms with van der Waals surface area (Å²) in [6.45, 7) is 8.04.